The Morgan fingerprint density at radius 1 is 1.18 bits per heavy atom. The fourth-order valence-corrected chi connectivity index (χ4v) is 6.20. The van der Waals surface area contributed by atoms with Crippen molar-refractivity contribution in [2.75, 3.05) is 0 Å². The van der Waals surface area contributed by atoms with Crippen molar-refractivity contribution in [1.82, 2.24) is 10.1 Å². The van der Waals surface area contributed by atoms with Crippen molar-refractivity contribution in [2.24, 2.45) is 0 Å². The summed E-state index contributed by atoms with van der Waals surface area (Å²) in [7, 11) is 0. The first kappa shape index (κ1) is 25.8. The number of fused-ring (bicyclic) bond motifs is 1. The lowest BCUT2D eigenvalue weighted by molar-refractivity contribution is -0.0641. The maximum atomic E-state index is 14.0. The maximum absolute atomic E-state index is 14.0. The Morgan fingerprint density at radius 2 is 1.95 bits per heavy atom. The summed E-state index contributed by atoms with van der Waals surface area (Å²) in [6.45, 7) is 4.34. The van der Waals surface area contributed by atoms with E-state index in [0.717, 1.165) is 18.4 Å². The lowest BCUT2D eigenvalue weighted by atomic mass is 9.83. The molecule has 2 aromatic carbocycles. The summed E-state index contributed by atoms with van der Waals surface area (Å²) >= 11 is 1.27. The van der Waals surface area contributed by atoms with Gasteiger partial charge >= 0.3 is 6.61 Å². The highest BCUT2D eigenvalue weighted by Crippen LogP contribution is 2.46. The van der Waals surface area contributed by atoms with Gasteiger partial charge < -0.3 is 19.1 Å². The molecule has 6 rings (SSSR count). The minimum atomic E-state index is -2.97. The predicted molar refractivity (Wildman–Crippen MR) is 137 cm³/mol. The van der Waals surface area contributed by atoms with Crippen molar-refractivity contribution in [3.8, 4) is 17.0 Å². The molecule has 0 aliphatic heterocycles. The van der Waals surface area contributed by atoms with E-state index in [2.05, 4.69) is 15.0 Å². The number of nitrogens with zero attached hydrogens (tertiary/aromatic N) is 3. The molecule has 2 aliphatic carbocycles. The molecule has 0 saturated heterocycles. The Morgan fingerprint density at radius 3 is 2.67 bits per heavy atom. The molecule has 0 spiro atoms. The zero-order chi connectivity index (χ0) is 27.1. The first-order valence-corrected chi connectivity index (χ1v) is 13.5. The molecule has 2 saturated carbocycles. The molecule has 2 fully saturated rings. The summed E-state index contributed by atoms with van der Waals surface area (Å²) in [4.78, 5) is 7.66. The number of benzene rings is 2. The number of para-hydroxylation sites is 1. The lowest BCUT2D eigenvalue weighted by Gasteiger charge is -2.34. The highest BCUT2D eigenvalue weighted by Gasteiger charge is 2.39. The van der Waals surface area contributed by atoms with E-state index in [1.165, 1.54) is 29.5 Å². The highest BCUT2D eigenvalue weighted by molar-refractivity contribution is 7.18. The largest absolute Gasteiger partial charge is 0.434 e. The number of halogens is 3. The summed E-state index contributed by atoms with van der Waals surface area (Å²) in [5, 5.41) is 16.1. The van der Waals surface area contributed by atoms with Crippen LogP contribution >= 0.6 is 11.3 Å². The van der Waals surface area contributed by atoms with Crippen LogP contribution in [0.2, 0.25) is 0 Å². The van der Waals surface area contributed by atoms with E-state index < -0.39 is 18.0 Å². The first-order valence-electron chi connectivity index (χ1n) is 12.7. The molecule has 2 aromatic heterocycles. The van der Waals surface area contributed by atoms with Gasteiger partial charge in [-0.3, -0.25) is 0 Å². The molecule has 0 radical (unpaired) electrons. The van der Waals surface area contributed by atoms with Crippen LogP contribution in [0.3, 0.4) is 0 Å². The van der Waals surface area contributed by atoms with Crippen molar-refractivity contribution in [2.45, 2.75) is 69.4 Å². The van der Waals surface area contributed by atoms with E-state index in [1.54, 1.807) is 18.2 Å². The molecule has 0 atom stereocenters. The Balaban J connectivity index is 1.17. The van der Waals surface area contributed by atoms with Crippen LogP contribution in [-0.2, 0) is 16.9 Å². The molecule has 2 heterocycles. The van der Waals surface area contributed by atoms with E-state index in [0.29, 0.717) is 57.9 Å². The van der Waals surface area contributed by atoms with E-state index in [9.17, 15) is 18.3 Å². The normalized spacial score (nSPS) is 21.4. The van der Waals surface area contributed by atoms with E-state index in [-0.39, 0.29) is 30.1 Å². The summed E-state index contributed by atoms with van der Waals surface area (Å²) in [5.41, 5.74) is 0.775. The third-order valence-electron chi connectivity index (χ3n) is 7.32. The fourth-order valence-electron chi connectivity index (χ4n) is 5.07. The standard InChI is InChI=1S/C28H24F3N3O4S/c1-32-20-13-23-21(12-19(20)29)33-26(39-23)28(35)10-8-16(9-11-28)36-14-18-24(34-38-25(18)15-6-7-15)17-4-2-3-5-22(17)37-27(30)31/h2-5,12-13,15-16,27,35H,6-11,14H2. The molecule has 4 aromatic rings. The van der Waals surface area contributed by atoms with Gasteiger partial charge in [0.05, 0.1) is 24.8 Å². The van der Waals surface area contributed by atoms with Gasteiger partial charge in [0.25, 0.3) is 0 Å². The minimum absolute atomic E-state index is 0.0198. The van der Waals surface area contributed by atoms with Gasteiger partial charge in [0.15, 0.2) is 0 Å². The van der Waals surface area contributed by atoms with Crippen molar-refractivity contribution < 1.29 is 32.3 Å². The Bertz CT molecular complexity index is 1550. The third-order valence-corrected chi connectivity index (χ3v) is 8.54. The summed E-state index contributed by atoms with van der Waals surface area (Å²) < 4.78 is 57.3. The predicted octanol–water partition coefficient (Wildman–Crippen LogP) is 7.47. The number of thiazole rings is 1. The number of hydrogen-bond acceptors (Lipinski definition) is 7. The van der Waals surface area contributed by atoms with Crippen LogP contribution in [0.4, 0.5) is 18.9 Å². The smallest absolute Gasteiger partial charge is 0.387 e. The summed E-state index contributed by atoms with van der Waals surface area (Å²) in [6.07, 6.45) is 3.75. The second kappa shape index (κ2) is 10.3. The van der Waals surface area contributed by atoms with Crippen molar-refractivity contribution >= 4 is 27.2 Å². The highest BCUT2D eigenvalue weighted by atomic mass is 32.1. The van der Waals surface area contributed by atoms with Crippen molar-refractivity contribution in [3.05, 3.63) is 70.0 Å². The average molecular weight is 556 g/mol. The van der Waals surface area contributed by atoms with Gasteiger partial charge in [-0.15, -0.1) is 11.3 Å². The monoisotopic (exact) mass is 555 g/mol. The van der Waals surface area contributed by atoms with E-state index in [4.69, 9.17) is 20.6 Å². The van der Waals surface area contributed by atoms with Gasteiger partial charge in [0.2, 0.25) is 5.69 Å². The number of aliphatic hydroxyl groups is 1. The second-order valence-corrected chi connectivity index (χ2v) is 11.0. The molecule has 0 unspecified atom stereocenters. The number of hydrogen-bond donors (Lipinski definition) is 1. The third kappa shape index (κ3) is 5.12. The molecular weight excluding hydrogens is 531 g/mol. The summed E-state index contributed by atoms with van der Waals surface area (Å²) in [6, 6.07) is 9.19. The zero-order valence-electron chi connectivity index (χ0n) is 20.7. The zero-order valence-corrected chi connectivity index (χ0v) is 21.5. The minimum Gasteiger partial charge on any atom is -0.434 e. The Labute approximate surface area is 226 Å². The Kier molecular flexibility index (Phi) is 6.79. The first-order chi connectivity index (χ1) is 18.8. The van der Waals surface area contributed by atoms with Crippen molar-refractivity contribution in [3.63, 3.8) is 0 Å². The van der Waals surface area contributed by atoms with Crippen LogP contribution < -0.4 is 4.74 Å². The van der Waals surface area contributed by atoms with Gasteiger partial charge in [-0.1, -0.05) is 17.3 Å². The molecular formula is C28H24F3N3O4S. The molecule has 39 heavy (non-hydrogen) atoms. The van der Waals surface area contributed by atoms with Gasteiger partial charge in [-0.25, -0.2) is 14.2 Å². The van der Waals surface area contributed by atoms with Crippen LogP contribution in [0.15, 0.2) is 40.9 Å². The van der Waals surface area contributed by atoms with Crippen LogP contribution in [0.5, 0.6) is 5.75 Å². The lowest BCUT2D eigenvalue weighted by Crippen LogP contribution is -2.34. The van der Waals surface area contributed by atoms with Crippen molar-refractivity contribution in [1.29, 1.82) is 0 Å². The number of rotatable bonds is 8. The summed E-state index contributed by atoms with van der Waals surface area (Å²) in [5.74, 6) is 0.341. The van der Waals surface area contributed by atoms with Gasteiger partial charge in [0, 0.05) is 21.7 Å². The van der Waals surface area contributed by atoms with Gasteiger partial charge in [-0.2, -0.15) is 8.78 Å². The van der Waals surface area contributed by atoms with Crippen LogP contribution in [-0.4, -0.2) is 28.0 Å². The topological polar surface area (TPSA) is 82.0 Å². The van der Waals surface area contributed by atoms with Gasteiger partial charge in [0.1, 0.15) is 33.6 Å². The van der Waals surface area contributed by atoms with Crippen LogP contribution in [0, 0.1) is 12.4 Å². The number of alkyl halides is 2. The molecule has 1 N–H and O–H groups in total. The second-order valence-electron chi connectivity index (χ2n) is 9.97. The Hall–Kier alpha value is -3.46. The quantitative estimate of drug-likeness (QED) is 0.227. The molecule has 2 aliphatic rings. The fraction of sp³-hybridized carbons (Fsp3) is 0.393. The number of aromatic nitrogens is 2. The molecule has 202 valence electrons. The molecule has 0 amide bonds. The number of ether oxygens (including phenoxy) is 2. The van der Waals surface area contributed by atoms with Crippen LogP contribution in [0.1, 0.15) is 60.8 Å². The maximum Gasteiger partial charge on any atom is 0.387 e. The van der Waals surface area contributed by atoms with Crippen LogP contribution in [0.25, 0.3) is 26.3 Å². The molecule has 7 nitrogen and oxygen atoms in total. The molecule has 0 bridgehead atoms. The average Bonchev–Trinajstić information content (AvgIpc) is 3.54. The SMILES string of the molecule is [C-]#[N+]c1cc2sc(C3(O)CCC(OCc4c(-c5ccccc5OC(F)F)noc4C4CC4)CC3)nc2cc1F. The van der Waals surface area contributed by atoms with E-state index >= 15 is 0 Å². The van der Waals surface area contributed by atoms with E-state index in [1.807, 2.05) is 0 Å². The van der Waals surface area contributed by atoms with Gasteiger partial charge in [-0.05, 0) is 62.8 Å². The molecule has 11 heteroatoms.